The van der Waals surface area contributed by atoms with E-state index in [0.29, 0.717) is 6.54 Å². The molecular formula is C24H20N2OS. The Bertz CT molecular complexity index is 1130. The van der Waals surface area contributed by atoms with Gasteiger partial charge in [0.15, 0.2) is 0 Å². The number of thiophene rings is 1. The molecule has 138 valence electrons. The Balaban J connectivity index is 1.73. The van der Waals surface area contributed by atoms with Gasteiger partial charge in [-0.05, 0) is 47.7 Å². The summed E-state index contributed by atoms with van der Waals surface area (Å²) < 4.78 is 2.22. The maximum atomic E-state index is 13.5. The van der Waals surface area contributed by atoms with E-state index in [-0.39, 0.29) is 11.9 Å². The molecule has 5 rings (SSSR count). The van der Waals surface area contributed by atoms with Gasteiger partial charge in [-0.15, -0.1) is 11.3 Å². The third kappa shape index (κ3) is 2.77. The molecular weight excluding hydrogens is 364 g/mol. The number of para-hydroxylation sites is 1. The number of benzene rings is 2. The lowest BCUT2D eigenvalue weighted by Gasteiger charge is -2.30. The van der Waals surface area contributed by atoms with Crippen LogP contribution in [0.1, 0.15) is 38.1 Å². The van der Waals surface area contributed by atoms with E-state index in [1.165, 1.54) is 16.9 Å². The molecule has 0 radical (unpaired) electrons. The molecule has 0 N–H and O–H groups in total. The van der Waals surface area contributed by atoms with Gasteiger partial charge in [0.25, 0.3) is 5.91 Å². The van der Waals surface area contributed by atoms with Gasteiger partial charge in [-0.3, -0.25) is 4.79 Å². The smallest absolute Gasteiger partial charge is 0.265 e. The molecule has 0 aliphatic carbocycles. The average Bonchev–Trinajstić information content (AvgIpc) is 3.39. The molecule has 28 heavy (non-hydrogen) atoms. The molecule has 1 aliphatic rings. The first-order valence-electron chi connectivity index (χ1n) is 9.39. The number of hydrogen-bond donors (Lipinski definition) is 0. The molecule has 1 aliphatic heterocycles. The first kappa shape index (κ1) is 17.0. The summed E-state index contributed by atoms with van der Waals surface area (Å²) in [4.78, 5) is 16.3. The molecule has 0 saturated heterocycles. The minimum atomic E-state index is -0.141. The van der Waals surface area contributed by atoms with Crippen molar-refractivity contribution in [1.82, 2.24) is 9.47 Å². The average molecular weight is 385 g/mol. The van der Waals surface area contributed by atoms with E-state index in [0.717, 1.165) is 27.4 Å². The number of carbonyl (C=O) groups excluding carboxylic acids is 1. The van der Waals surface area contributed by atoms with Crippen molar-refractivity contribution in [1.29, 1.82) is 0 Å². The van der Waals surface area contributed by atoms with Gasteiger partial charge >= 0.3 is 0 Å². The third-order valence-electron chi connectivity index (χ3n) is 5.35. The van der Waals surface area contributed by atoms with Crippen molar-refractivity contribution < 1.29 is 4.79 Å². The fraction of sp³-hybridized carbons (Fsp3) is 0.125. The van der Waals surface area contributed by atoms with Crippen molar-refractivity contribution in [3.05, 3.63) is 112 Å². The fourth-order valence-corrected chi connectivity index (χ4v) is 4.66. The zero-order valence-electron chi connectivity index (χ0n) is 15.6. The molecule has 0 saturated carbocycles. The second-order valence-corrected chi connectivity index (χ2v) is 8.10. The summed E-state index contributed by atoms with van der Waals surface area (Å²) >= 11 is 1.50. The van der Waals surface area contributed by atoms with Crippen molar-refractivity contribution in [3.63, 3.8) is 0 Å². The number of amides is 1. The summed E-state index contributed by atoms with van der Waals surface area (Å²) in [6.07, 6.45) is 2.09. The maximum absolute atomic E-state index is 13.5. The summed E-state index contributed by atoms with van der Waals surface area (Å²) in [5.41, 5.74) is 5.75. The predicted molar refractivity (Wildman–Crippen MR) is 113 cm³/mol. The first-order valence-corrected chi connectivity index (χ1v) is 10.3. The predicted octanol–water partition coefficient (Wildman–Crippen LogP) is 5.59. The molecule has 0 bridgehead atoms. The highest BCUT2D eigenvalue weighted by atomic mass is 32.1. The summed E-state index contributed by atoms with van der Waals surface area (Å²) in [6, 6.07) is 24.8. The Morgan fingerprint density at radius 1 is 0.964 bits per heavy atom. The minimum absolute atomic E-state index is 0.0741. The number of aromatic nitrogens is 1. The Hall–Kier alpha value is -3.11. The quantitative estimate of drug-likeness (QED) is 0.442. The van der Waals surface area contributed by atoms with Crippen LogP contribution in [0.5, 0.6) is 0 Å². The zero-order valence-corrected chi connectivity index (χ0v) is 16.4. The Kier molecular flexibility index (Phi) is 4.14. The van der Waals surface area contributed by atoms with Crippen LogP contribution in [-0.4, -0.2) is 15.4 Å². The normalized spacial score (nSPS) is 15.6. The molecule has 1 unspecified atom stereocenters. The van der Waals surface area contributed by atoms with Crippen LogP contribution in [0.3, 0.4) is 0 Å². The summed E-state index contributed by atoms with van der Waals surface area (Å²) in [6.45, 7) is 2.66. The van der Waals surface area contributed by atoms with Crippen LogP contribution < -0.4 is 0 Å². The van der Waals surface area contributed by atoms with E-state index >= 15 is 0 Å². The largest absolute Gasteiger partial charge is 0.321 e. The summed E-state index contributed by atoms with van der Waals surface area (Å²) in [7, 11) is 0. The number of rotatable bonds is 2. The summed E-state index contributed by atoms with van der Waals surface area (Å²) in [5.74, 6) is 0.0741. The highest BCUT2D eigenvalue weighted by Crippen LogP contribution is 2.37. The first-order chi connectivity index (χ1) is 13.7. The molecule has 0 fully saturated rings. The Morgan fingerprint density at radius 3 is 2.57 bits per heavy atom. The van der Waals surface area contributed by atoms with Gasteiger partial charge in [-0.2, -0.15) is 0 Å². The van der Waals surface area contributed by atoms with Crippen LogP contribution in [0.4, 0.5) is 0 Å². The van der Waals surface area contributed by atoms with Crippen LogP contribution in [0.15, 0.2) is 84.4 Å². The second kappa shape index (κ2) is 6.80. The molecule has 4 heteroatoms. The molecule has 0 spiro atoms. The molecule has 2 aromatic carbocycles. The van der Waals surface area contributed by atoms with Crippen molar-refractivity contribution in [2.45, 2.75) is 19.5 Å². The molecule has 4 aromatic rings. The highest BCUT2D eigenvalue weighted by molar-refractivity contribution is 7.12. The van der Waals surface area contributed by atoms with E-state index in [9.17, 15) is 4.79 Å². The lowest BCUT2D eigenvalue weighted by atomic mass is 10.00. The molecule has 2 aromatic heterocycles. The molecule has 3 heterocycles. The van der Waals surface area contributed by atoms with Crippen LogP contribution in [0.25, 0.3) is 5.69 Å². The lowest BCUT2D eigenvalue weighted by molar-refractivity contribution is 0.0696. The number of aryl methyl sites for hydroxylation is 1. The summed E-state index contributed by atoms with van der Waals surface area (Å²) in [5, 5.41) is 1.96. The molecule has 3 nitrogen and oxygen atoms in total. The Morgan fingerprint density at radius 2 is 1.79 bits per heavy atom. The maximum Gasteiger partial charge on any atom is 0.265 e. The van der Waals surface area contributed by atoms with Gasteiger partial charge in [0.2, 0.25) is 0 Å². The number of carbonyl (C=O) groups is 1. The molecule has 1 amide bonds. The zero-order chi connectivity index (χ0) is 19.1. The van der Waals surface area contributed by atoms with Crippen molar-refractivity contribution >= 4 is 17.2 Å². The van der Waals surface area contributed by atoms with Crippen LogP contribution in [0, 0.1) is 6.92 Å². The van der Waals surface area contributed by atoms with Crippen molar-refractivity contribution in [3.8, 4) is 5.69 Å². The Labute approximate surface area is 168 Å². The van der Waals surface area contributed by atoms with E-state index in [4.69, 9.17) is 0 Å². The van der Waals surface area contributed by atoms with Gasteiger partial charge in [0.1, 0.15) is 0 Å². The fourth-order valence-electron chi connectivity index (χ4n) is 3.98. The monoisotopic (exact) mass is 384 g/mol. The van der Waals surface area contributed by atoms with Gasteiger partial charge in [0.05, 0.1) is 16.6 Å². The van der Waals surface area contributed by atoms with E-state index in [1.807, 2.05) is 28.5 Å². The van der Waals surface area contributed by atoms with E-state index in [1.54, 1.807) is 0 Å². The number of nitrogens with zero attached hydrogens (tertiary/aromatic N) is 2. The lowest BCUT2D eigenvalue weighted by Crippen LogP contribution is -2.34. The number of fused-ring (bicyclic) bond motifs is 3. The van der Waals surface area contributed by atoms with Crippen LogP contribution in [-0.2, 0) is 6.54 Å². The van der Waals surface area contributed by atoms with Crippen LogP contribution in [0.2, 0.25) is 0 Å². The van der Waals surface area contributed by atoms with Gasteiger partial charge in [-0.25, -0.2) is 0 Å². The van der Waals surface area contributed by atoms with Crippen LogP contribution >= 0.6 is 11.3 Å². The topological polar surface area (TPSA) is 25.2 Å². The SMILES string of the molecule is Cc1ccc(C2c3cccn3-c3ccccc3CN2C(=O)c2cccs2)cc1. The van der Waals surface area contributed by atoms with E-state index < -0.39 is 0 Å². The van der Waals surface area contributed by atoms with Crippen molar-refractivity contribution in [2.75, 3.05) is 0 Å². The minimum Gasteiger partial charge on any atom is -0.321 e. The van der Waals surface area contributed by atoms with Gasteiger partial charge in [0, 0.05) is 18.4 Å². The third-order valence-corrected chi connectivity index (χ3v) is 6.21. The number of hydrogen-bond acceptors (Lipinski definition) is 2. The highest BCUT2D eigenvalue weighted by Gasteiger charge is 2.33. The van der Waals surface area contributed by atoms with E-state index in [2.05, 4.69) is 72.3 Å². The standard InChI is InChI=1S/C24H20N2OS/c1-17-10-12-18(13-11-17)23-21-8-4-14-25(21)20-7-3-2-6-19(20)16-26(23)24(27)22-9-5-15-28-22/h2-15,23H,16H2,1H3. The second-order valence-electron chi connectivity index (χ2n) is 7.16. The molecule has 1 atom stereocenters. The van der Waals surface area contributed by atoms with Crippen molar-refractivity contribution in [2.24, 2.45) is 0 Å². The van der Waals surface area contributed by atoms with Gasteiger partial charge in [-0.1, -0.05) is 54.1 Å². The van der Waals surface area contributed by atoms with Gasteiger partial charge < -0.3 is 9.47 Å².